The standard InChI is InChI=1S/C31H35FN6O2S/c1-29(2,3)40-28(39)38-12-10-37(11-13-38)19-8-9-23-21(14-19)25(20-6-5-7-22(20)34-23)36(4)27-35-26(24(15-33)41-27)30-16-31(32,17-30)18-30/h8-9,14H,5-7,10-13,16-18H2,1-4H3. The number of nitriles is 1. The first-order valence-corrected chi connectivity index (χ1v) is 15.3. The highest BCUT2D eigenvalue weighted by atomic mass is 32.1. The molecule has 2 aromatic heterocycles. The molecule has 0 N–H and O–H groups in total. The lowest BCUT2D eigenvalue weighted by Gasteiger charge is -2.65. The number of aryl methyl sites for hydroxylation is 1. The molecule has 2 bridgehead atoms. The molecule has 41 heavy (non-hydrogen) atoms. The number of piperazine rings is 1. The molecule has 1 aliphatic heterocycles. The highest BCUT2D eigenvalue weighted by Gasteiger charge is 2.71. The maximum atomic E-state index is 14.4. The number of benzene rings is 1. The van der Waals surface area contributed by atoms with Crippen molar-refractivity contribution in [3.8, 4) is 6.07 Å². The number of ether oxygens (including phenoxy) is 1. The van der Waals surface area contributed by atoms with Crippen molar-refractivity contribution in [1.82, 2.24) is 14.9 Å². The second-order valence-corrected chi connectivity index (χ2v) is 14.2. The van der Waals surface area contributed by atoms with Gasteiger partial charge in [-0.2, -0.15) is 5.26 Å². The summed E-state index contributed by atoms with van der Waals surface area (Å²) in [5, 5.41) is 11.8. The zero-order valence-electron chi connectivity index (χ0n) is 24.1. The van der Waals surface area contributed by atoms with Gasteiger partial charge >= 0.3 is 6.09 Å². The summed E-state index contributed by atoms with van der Waals surface area (Å²) in [5.41, 5.74) is 4.48. The largest absolute Gasteiger partial charge is 0.444 e. The quantitative estimate of drug-likeness (QED) is 0.377. The van der Waals surface area contributed by atoms with Crippen LogP contribution in [0.4, 0.5) is 25.7 Å². The Kier molecular flexibility index (Phi) is 5.82. The van der Waals surface area contributed by atoms with Crippen LogP contribution in [0.5, 0.6) is 0 Å². The van der Waals surface area contributed by atoms with Crippen LogP contribution in [-0.2, 0) is 23.0 Å². The van der Waals surface area contributed by atoms with E-state index in [0.717, 1.165) is 58.1 Å². The zero-order valence-corrected chi connectivity index (χ0v) is 24.9. The van der Waals surface area contributed by atoms with E-state index >= 15 is 0 Å². The molecule has 3 aromatic rings. The van der Waals surface area contributed by atoms with Crippen LogP contribution in [0.1, 0.15) is 68.3 Å². The van der Waals surface area contributed by atoms with Crippen LogP contribution in [-0.4, -0.2) is 65.5 Å². The van der Waals surface area contributed by atoms with Crippen molar-refractivity contribution in [2.75, 3.05) is 43.0 Å². The Morgan fingerprint density at radius 2 is 1.88 bits per heavy atom. The lowest BCUT2D eigenvalue weighted by molar-refractivity contribution is -0.159. The molecule has 1 amide bonds. The number of amides is 1. The number of nitrogens with zero attached hydrogens (tertiary/aromatic N) is 6. The summed E-state index contributed by atoms with van der Waals surface area (Å²) >= 11 is 1.41. The number of rotatable bonds is 4. The summed E-state index contributed by atoms with van der Waals surface area (Å²) in [6.07, 6.45) is 4.16. The molecule has 10 heteroatoms. The number of hydrogen-bond donors (Lipinski definition) is 0. The van der Waals surface area contributed by atoms with Gasteiger partial charge in [-0.3, -0.25) is 4.98 Å². The number of hydrogen-bond acceptors (Lipinski definition) is 8. The Morgan fingerprint density at radius 1 is 1.15 bits per heavy atom. The third kappa shape index (κ3) is 4.32. The molecule has 1 saturated heterocycles. The maximum Gasteiger partial charge on any atom is 0.410 e. The summed E-state index contributed by atoms with van der Waals surface area (Å²) in [6, 6.07) is 8.78. The van der Waals surface area contributed by atoms with Gasteiger partial charge in [-0.25, -0.2) is 14.2 Å². The van der Waals surface area contributed by atoms with Gasteiger partial charge in [0.1, 0.15) is 22.2 Å². The van der Waals surface area contributed by atoms with E-state index in [2.05, 4.69) is 34.1 Å². The first-order valence-electron chi connectivity index (χ1n) is 14.5. The number of halogens is 1. The topological polar surface area (TPSA) is 85.6 Å². The minimum absolute atomic E-state index is 0.258. The smallest absolute Gasteiger partial charge is 0.410 e. The van der Waals surface area contributed by atoms with Crippen molar-refractivity contribution < 1.29 is 13.9 Å². The average Bonchev–Trinajstić information content (AvgIpc) is 3.55. The molecule has 0 unspecified atom stereocenters. The number of alkyl halides is 1. The molecule has 0 spiro atoms. The van der Waals surface area contributed by atoms with Gasteiger partial charge in [0.25, 0.3) is 0 Å². The Labute approximate surface area is 243 Å². The van der Waals surface area contributed by atoms with E-state index in [-0.39, 0.29) is 11.5 Å². The van der Waals surface area contributed by atoms with Crippen molar-refractivity contribution >= 4 is 44.8 Å². The van der Waals surface area contributed by atoms with Gasteiger partial charge in [-0.15, -0.1) is 0 Å². The van der Waals surface area contributed by atoms with E-state index in [1.807, 2.05) is 27.8 Å². The summed E-state index contributed by atoms with van der Waals surface area (Å²) < 4.78 is 19.9. The molecular weight excluding hydrogens is 539 g/mol. The number of pyridine rings is 1. The fraction of sp³-hybridized carbons (Fsp3) is 0.548. The van der Waals surface area contributed by atoms with E-state index in [0.29, 0.717) is 50.3 Å². The fourth-order valence-corrected chi connectivity index (χ4v) is 8.13. The van der Waals surface area contributed by atoms with Gasteiger partial charge in [0.2, 0.25) is 0 Å². The van der Waals surface area contributed by atoms with E-state index in [1.54, 1.807) is 4.90 Å². The molecule has 8 rings (SSSR count). The van der Waals surface area contributed by atoms with Crippen LogP contribution < -0.4 is 9.80 Å². The predicted octanol–water partition coefficient (Wildman–Crippen LogP) is 6.02. The Hall–Kier alpha value is -3.45. The monoisotopic (exact) mass is 574 g/mol. The molecule has 4 aliphatic carbocycles. The van der Waals surface area contributed by atoms with E-state index in [9.17, 15) is 14.4 Å². The summed E-state index contributed by atoms with van der Waals surface area (Å²) in [4.78, 5) is 29.4. The third-order valence-corrected chi connectivity index (χ3v) is 10.1. The molecule has 4 fully saturated rings. The van der Waals surface area contributed by atoms with Crippen LogP contribution in [0.25, 0.3) is 10.9 Å². The van der Waals surface area contributed by atoms with Crippen LogP contribution in [0.2, 0.25) is 0 Å². The molecule has 214 valence electrons. The molecule has 3 heterocycles. The van der Waals surface area contributed by atoms with Crippen LogP contribution in [0, 0.1) is 11.3 Å². The number of carbonyl (C=O) groups excluding carboxylic acids is 1. The van der Waals surface area contributed by atoms with Crippen LogP contribution >= 0.6 is 11.3 Å². The molecular formula is C31H35FN6O2S. The van der Waals surface area contributed by atoms with Crippen molar-refractivity contribution in [1.29, 1.82) is 5.26 Å². The van der Waals surface area contributed by atoms with E-state index in [1.165, 1.54) is 16.9 Å². The van der Waals surface area contributed by atoms with Gasteiger partial charge in [0, 0.05) is 55.4 Å². The summed E-state index contributed by atoms with van der Waals surface area (Å²) in [7, 11) is 2.03. The molecule has 0 atom stereocenters. The first-order chi connectivity index (χ1) is 19.5. The normalized spacial score (nSPS) is 24.9. The minimum Gasteiger partial charge on any atom is -0.444 e. The number of carbonyl (C=O) groups is 1. The van der Waals surface area contributed by atoms with Gasteiger partial charge in [-0.05, 0) is 83.1 Å². The van der Waals surface area contributed by atoms with E-state index < -0.39 is 11.3 Å². The predicted molar refractivity (Wildman–Crippen MR) is 158 cm³/mol. The van der Waals surface area contributed by atoms with Gasteiger partial charge < -0.3 is 19.4 Å². The molecule has 5 aliphatic rings. The van der Waals surface area contributed by atoms with Gasteiger partial charge in [0.05, 0.1) is 16.9 Å². The summed E-state index contributed by atoms with van der Waals surface area (Å²) in [5.74, 6) is 0. The Bertz CT molecular complexity index is 1590. The number of fused-ring (bicyclic) bond motifs is 2. The first kappa shape index (κ1) is 26.4. The second kappa shape index (κ2) is 9.02. The number of anilines is 3. The highest BCUT2D eigenvalue weighted by Crippen LogP contribution is 2.70. The van der Waals surface area contributed by atoms with E-state index in [4.69, 9.17) is 14.7 Å². The zero-order chi connectivity index (χ0) is 28.7. The maximum absolute atomic E-state index is 14.4. The fourth-order valence-electron chi connectivity index (χ4n) is 7.18. The highest BCUT2D eigenvalue weighted by molar-refractivity contribution is 7.16. The van der Waals surface area contributed by atoms with Crippen molar-refractivity contribution in [3.05, 3.63) is 40.0 Å². The average molecular weight is 575 g/mol. The third-order valence-electron chi connectivity index (χ3n) is 9.07. The lowest BCUT2D eigenvalue weighted by Crippen LogP contribution is -2.67. The number of aromatic nitrogens is 2. The van der Waals surface area contributed by atoms with Crippen molar-refractivity contribution in [2.24, 2.45) is 0 Å². The summed E-state index contributed by atoms with van der Waals surface area (Å²) in [6.45, 7) is 8.29. The molecule has 0 radical (unpaired) electrons. The van der Waals surface area contributed by atoms with Crippen LogP contribution in [0.15, 0.2) is 18.2 Å². The molecule has 3 saturated carbocycles. The van der Waals surface area contributed by atoms with Gasteiger partial charge in [0.15, 0.2) is 5.13 Å². The minimum atomic E-state index is -1.04. The van der Waals surface area contributed by atoms with Gasteiger partial charge in [-0.1, -0.05) is 11.3 Å². The second-order valence-electron chi connectivity index (χ2n) is 13.2. The number of thiazole rings is 1. The van der Waals surface area contributed by atoms with Crippen LogP contribution in [0.3, 0.4) is 0 Å². The lowest BCUT2D eigenvalue weighted by atomic mass is 9.41. The SMILES string of the molecule is CN(c1nc(C23CC(F)(C2)C3)c(C#N)s1)c1c2c(nc3ccc(N4CCN(C(=O)OC(C)(C)C)CC4)cc13)CCC2. The Morgan fingerprint density at radius 3 is 2.54 bits per heavy atom. The Balaban J connectivity index is 1.21. The van der Waals surface area contributed by atoms with Crippen molar-refractivity contribution in [3.63, 3.8) is 0 Å². The van der Waals surface area contributed by atoms with Crippen molar-refractivity contribution in [2.45, 2.75) is 76.0 Å². The molecule has 1 aromatic carbocycles. The molecule has 8 nitrogen and oxygen atoms in total.